The summed E-state index contributed by atoms with van der Waals surface area (Å²) < 4.78 is 5.78. The van der Waals surface area contributed by atoms with E-state index in [9.17, 15) is 4.79 Å². The van der Waals surface area contributed by atoms with E-state index < -0.39 is 0 Å². The SMILES string of the molecule is CC(C)Oc1ccc2c(c1)C(c1ccnc(NC(=O)c3cnc(C(C)C)nc3)c1)=N2. The predicted octanol–water partition coefficient (Wildman–Crippen LogP) is 4.52. The lowest BCUT2D eigenvalue weighted by molar-refractivity contribution is 0.102. The van der Waals surface area contributed by atoms with Gasteiger partial charge in [-0.15, -0.1) is 0 Å². The first-order chi connectivity index (χ1) is 14.4. The van der Waals surface area contributed by atoms with Crippen LogP contribution in [0.3, 0.4) is 0 Å². The summed E-state index contributed by atoms with van der Waals surface area (Å²) in [5, 5.41) is 2.80. The average Bonchev–Trinajstić information content (AvgIpc) is 2.70. The molecule has 3 aromatic rings. The summed E-state index contributed by atoms with van der Waals surface area (Å²) in [5.74, 6) is 1.85. The Bertz CT molecular complexity index is 1120. The van der Waals surface area contributed by atoms with E-state index in [0.717, 1.165) is 28.3 Å². The Morgan fingerprint density at radius 2 is 1.77 bits per heavy atom. The van der Waals surface area contributed by atoms with Gasteiger partial charge in [0.05, 0.1) is 23.1 Å². The highest BCUT2D eigenvalue weighted by Crippen LogP contribution is 2.36. The minimum atomic E-state index is -0.307. The van der Waals surface area contributed by atoms with E-state index in [1.807, 2.05) is 52.0 Å². The molecule has 1 aliphatic heterocycles. The highest BCUT2D eigenvalue weighted by molar-refractivity contribution is 6.22. The molecule has 0 aliphatic carbocycles. The summed E-state index contributed by atoms with van der Waals surface area (Å²) in [7, 11) is 0. The third-order valence-electron chi connectivity index (χ3n) is 4.55. The monoisotopic (exact) mass is 401 g/mol. The number of carbonyl (C=O) groups excluding carboxylic acids is 1. The number of aromatic nitrogens is 3. The number of rotatable bonds is 6. The van der Waals surface area contributed by atoms with Crippen LogP contribution in [0.15, 0.2) is 53.9 Å². The summed E-state index contributed by atoms with van der Waals surface area (Å²) in [4.78, 5) is 29.8. The van der Waals surface area contributed by atoms with Gasteiger partial charge in [-0.25, -0.2) is 19.9 Å². The van der Waals surface area contributed by atoms with Crippen LogP contribution in [0, 0.1) is 0 Å². The van der Waals surface area contributed by atoms with Crippen molar-refractivity contribution in [1.29, 1.82) is 0 Å². The Hall–Kier alpha value is -3.61. The van der Waals surface area contributed by atoms with Crippen LogP contribution in [0.4, 0.5) is 11.5 Å². The molecule has 2 aromatic heterocycles. The van der Waals surface area contributed by atoms with E-state index in [-0.39, 0.29) is 17.9 Å². The molecule has 0 atom stereocenters. The zero-order chi connectivity index (χ0) is 21.3. The number of ether oxygens (including phenoxy) is 1. The van der Waals surface area contributed by atoms with Crippen molar-refractivity contribution in [3.63, 3.8) is 0 Å². The molecule has 7 heteroatoms. The third kappa shape index (κ3) is 4.05. The van der Waals surface area contributed by atoms with Gasteiger partial charge in [0.15, 0.2) is 0 Å². The van der Waals surface area contributed by atoms with Crippen molar-refractivity contribution in [2.45, 2.75) is 39.7 Å². The molecule has 1 aromatic carbocycles. The average molecular weight is 401 g/mol. The first kappa shape index (κ1) is 19.7. The number of hydrogen-bond acceptors (Lipinski definition) is 6. The molecule has 1 aliphatic rings. The fourth-order valence-electron chi connectivity index (χ4n) is 3.08. The molecule has 0 radical (unpaired) electrons. The van der Waals surface area contributed by atoms with Crippen LogP contribution in [-0.2, 0) is 0 Å². The molecule has 1 N–H and O–H groups in total. The minimum absolute atomic E-state index is 0.102. The Balaban J connectivity index is 1.50. The van der Waals surface area contributed by atoms with Crippen molar-refractivity contribution in [3.05, 3.63) is 71.4 Å². The zero-order valence-electron chi connectivity index (χ0n) is 17.4. The number of carbonyl (C=O) groups is 1. The number of nitrogens with zero attached hydrogens (tertiary/aromatic N) is 4. The van der Waals surface area contributed by atoms with Gasteiger partial charge in [0.2, 0.25) is 0 Å². The summed E-state index contributed by atoms with van der Waals surface area (Å²) in [6.45, 7) is 7.99. The number of aliphatic imine (C=N–C) groups is 1. The highest BCUT2D eigenvalue weighted by atomic mass is 16.5. The van der Waals surface area contributed by atoms with Gasteiger partial charge in [0.25, 0.3) is 5.91 Å². The third-order valence-corrected chi connectivity index (χ3v) is 4.55. The van der Waals surface area contributed by atoms with Crippen molar-refractivity contribution < 1.29 is 9.53 Å². The predicted molar refractivity (Wildman–Crippen MR) is 116 cm³/mol. The number of fused-ring (bicyclic) bond motifs is 1. The molecule has 7 nitrogen and oxygen atoms in total. The lowest BCUT2D eigenvalue weighted by Crippen LogP contribution is -2.16. The fraction of sp³-hybridized carbons (Fsp3) is 0.261. The van der Waals surface area contributed by atoms with Crippen LogP contribution in [0.1, 0.15) is 60.9 Å². The van der Waals surface area contributed by atoms with E-state index in [1.54, 1.807) is 12.3 Å². The van der Waals surface area contributed by atoms with Gasteiger partial charge in [-0.1, -0.05) is 13.8 Å². The summed E-state index contributed by atoms with van der Waals surface area (Å²) in [6.07, 6.45) is 4.82. The number of pyridine rings is 1. The second-order valence-corrected chi connectivity index (χ2v) is 7.67. The smallest absolute Gasteiger partial charge is 0.259 e. The Kier molecular flexibility index (Phi) is 5.27. The van der Waals surface area contributed by atoms with Gasteiger partial charge in [-0.3, -0.25) is 4.79 Å². The van der Waals surface area contributed by atoms with Gasteiger partial charge in [-0.05, 0) is 44.2 Å². The maximum Gasteiger partial charge on any atom is 0.259 e. The molecule has 4 rings (SSSR count). The van der Waals surface area contributed by atoms with Crippen molar-refractivity contribution in [2.75, 3.05) is 5.32 Å². The molecule has 0 spiro atoms. The maximum atomic E-state index is 12.5. The van der Waals surface area contributed by atoms with Crippen molar-refractivity contribution in [1.82, 2.24) is 15.0 Å². The number of benzene rings is 1. The van der Waals surface area contributed by atoms with Gasteiger partial charge < -0.3 is 10.1 Å². The standard InChI is InChI=1S/C23H23N5O2/c1-13(2)22-25-11-16(12-26-22)23(29)28-20-9-15(7-8-24-20)21-18-10-17(30-14(3)4)5-6-19(18)27-21/h5-14H,1-4H3,(H,24,28,29). The highest BCUT2D eigenvalue weighted by Gasteiger charge is 2.22. The summed E-state index contributed by atoms with van der Waals surface area (Å²) in [6, 6.07) is 9.53. The van der Waals surface area contributed by atoms with E-state index in [1.165, 1.54) is 12.4 Å². The fourth-order valence-corrected chi connectivity index (χ4v) is 3.08. The second kappa shape index (κ2) is 8.02. The van der Waals surface area contributed by atoms with Crippen molar-refractivity contribution >= 4 is 23.1 Å². The Morgan fingerprint density at radius 1 is 1.00 bits per heavy atom. The molecule has 0 unspecified atom stereocenters. The second-order valence-electron chi connectivity index (χ2n) is 7.67. The van der Waals surface area contributed by atoms with E-state index in [4.69, 9.17) is 4.74 Å². The number of anilines is 1. The normalized spacial score (nSPS) is 12.3. The van der Waals surface area contributed by atoms with E-state index in [2.05, 4.69) is 25.3 Å². The van der Waals surface area contributed by atoms with E-state index in [0.29, 0.717) is 17.2 Å². The van der Waals surface area contributed by atoms with Crippen LogP contribution in [0.5, 0.6) is 5.75 Å². The lowest BCUT2D eigenvalue weighted by Gasteiger charge is -2.21. The maximum absolute atomic E-state index is 12.5. The molecule has 1 amide bonds. The molecule has 0 bridgehead atoms. The Labute approximate surface area is 175 Å². The first-order valence-electron chi connectivity index (χ1n) is 9.90. The molecular formula is C23H23N5O2. The largest absolute Gasteiger partial charge is 0.491 e. The molecule has 0 saturated heterocycles. The quantitative estimate of drug-likeness (QED) is 0.513. The van der Waals surface area contributed by atoms with E-state index >= 15 is 0 Å². The van der Waals surface area contributed by atoms with Crippen LogP contribution < -0.4 is 10.1 Å². The Morgan fingerprint density at radius 3 is 2.47 bits per heavy atom. The van der Waals surface area contributed by atoms with Crippen molar-refractivity contribution in [2.24, 2.45) is 4.99 Å². The molecule has 3 heterocycles. The zero-order valence-corrected chi connectivity index (χ0v) is 17.4. The van der Waals surface area contributed by atoms with Crippen LogP contribution in [0.2, 0.25) is 0 Å². The minimum Gasteiger partial charge on any atom is -0.491 e. The first-order valence-corrected chi connectivity index (χ1v) is 9.90. The molecule has 0 saturated carbocycles. The summed E-state index contributed by atoms with van der Waals surface area (Å²) >= 11 is 0. The topological polar surface area (TPSA) is 89.4 Å². The molecular weight excluding hydrogens is 378 g/mol. The van der Waals surface area contributed by atoms with Gasteiger partial charge >= 0.3 is 0 Å². The molecule has 30 heavy (non-hydrogen) atoms. The summed E-state index contributed by atoms with van der Waals surface area (Å²) in [5.41, 5.74) is 4.05. The van der Waals surface area contributed by atoms with Gasteiger partial charge in [0.1, 0.15) is 17.4 Å². The number of amides is 1. The molecule has 0 fully saturated rings. The lowest BCUT2D eigenvalue weighted by atomic mass is 9.96. The van der Waals surface area contributed by atoms with Crippen molar-refractivity contribution in [3.8, 4) is 5.75 Å². The molecule has 152 valence electrons. The number of nitrogens with one attached hydrogen (secondary N) is 1. The van der Waals surface area contributed by atoms with Gasteiger partial charge in [-0.2, -0.15) is 0 Å². The van der Waals surface area contributed by atoms with Crippen LogP contribution >= 0.6 is 0 Å². The number of hydrogen-bond donors (Lipinski definition) is 1. The van der Waals surface area contributed by atoms with Crippen LogP contribution in [0.25, 0.3) is 0 Å². The van der Waals surface area contributed by atoms with Gasteiger partial charge in [0, 0.05) is 35.6 Å². The van der Waals surface area contributed by atoms with Crippen LogP contribution in [-0.4, -0.2) is 32.7 Å².